The van der Waals surface area contributed by atoms with Crippen LogP contribution >= 0.6 is 0 Å². The summed E-state index contributed by atoms with van der Waals surface area (Å²) in [5, 5.41) is 22.4. The van der Waals surface area contributed by atoms with Crippen LogP contribution in [0.15, 0.2) is 22.8 Å². The first kappa shape index (κ1) is 14.5. The lowest BCUT2D eigenvalue weighted by Gasteiger charge is -2.14. The molecule has 5 nitrogen and oxygen atoms in total. The van der Waals surface area contributed by atoms with Crippen molar-refractivity contribution in [3.8, 4) is 0 Å². The normalized spacial score (nSPS) is 24.7. The van der Waals surface area contributed by atoms with Crippen molar-refractivity contribution in [3.05, 3.63) is 24.2 Å². The van der Waals surface area contributed by atoms with Crippen molar-refractivity contribution < 1.29 is 19.4 Å². The molecule has 3 N–H and O–H groups in total. The maximum absolute atomic E-state index is 9.74. The minimum Gasteiger partial charge on any atom is -0.467 e. The molecule has 108 valence electrons. The van der Waals surface area contributed by atoms with E-state index in [1.165, 1.54) is 0 Å². The van der Waals surface area contributed by atoms with Crippen LogP contribution < -0.4 is 5.32 Å². The van der Waals surface area contributed by atoms with E-state index in [1.807, 2.05) is 12.1 Å². The smallest absolute Gasteiger partial charge is 0.129 e. The average Bonchev–Trinajstić information content (AvgIpc) is 3.01. The summed E-state index contributed by atoms with van der Waals surface area (Å²) in [6.45, 7) is 2.05. The van der Waals surface area contributed by atoms with E-state index in [-0.39, 0.29) is 6.10 Å². The zero-order valence-electron chi connectivity index (χ0n) is 11.1. The lowest BCUT2D eigenvalue weighted by molar-refractivity contribution is 0.0223. The molecule has 3 unspecified atom stereocenters. The van der Waals surface area contributed by atoms with Crippen molar-refractivity contribution >= 4 is 0 Å². The van der Waals surface area contributed by atoms with Crippen LogP contribution in [0.1, 0.15) is 25.0 Å². The summed E-state index contributed by atoms with van der Waals surface area (Å²) in [7, 11) is 0. The number of rotatable bonds is 8. The fraction of sp³-hybridized carbons (Fsp3) is 0.714. The summed E-state index contributed by atoms with van der Waals surface area (Å²) in [6.07, 6.45) is 3.81. The molecule has 1 aromatic heterocycles. The maximum atomic E-state index is 9.74. The Morgan fingerprint density at radius 2 is 2.37 bits per heavy atom. The van der Waals surface area contributed by atoms with Crippen molar-refractivity contribution in [2.75, 3.05) is 19.7 Å². The predicted molar refractivity (Wildman–Crippen MR) is 70.6 cm³/mol. The van der Waals surface area contributed by atoms with Crippen LogP contribution in [0.25, 0.3) is 0 Å². The lowest BCUT2D eigenvalue weighted by Crippen LogP contribution is -2.33. The van der Waals surface area contributed by atoms with E-state index in [2.05, 4.69) is 5.32 Å². The fourth-order valence-corrected chi connectivity index (χ4v) is 2.44. The molecule has 0 radical (unpaired) electrons. The highest BCUT2D eigenvalue weighted by atomic mass is 16.5. The highest BCUT2D eigenvalue weighted by Gasteiger charge is 2.22. The number of hydrogen-bond acceptors (Lipinski definition) is 5. The second kappa shape index (κ2) is 7.65. The SMILES string of the molecule is OC(CNCC1CCC(O)C1)COCc1ccco1. The Hall–Kier alpha value is -0.880. The van der Waals surface area contributed by atoms with Crippen LogP contribution in [-0.4, -0.2) is 42.1 Å². The van der Waals surface area contributed by atoms with Gasteiger partial charge in [-0.05, 0) is 43.9 Å². The molecule has 0 bridgehead atoms. The molecule has 5 heteroatoms. The van der Waals surface area contributed by atoms with Gasteiger partial charge in [-0.2, -0.15) is 0 Å². The Morgan fingerprint density at radius 3 is 3.05 bits per heavy atom. The number of aliphatic hydroxyl groups excluding tert-OH is 2. The summed E-state index contributed by atoms with van der Waals surface area (Å²) in [4.78, 5) is 0. The molecule has 1 fully saturated rings. The summed E-state index contributed by atoms with van der Waals surface area (Å²) < 4.78 is 10.5. The first-order valence-corrected chi connectivity index (χ1v) is 6.91. The highest BCUT2D eigenvalue weighted by Crippen LogP contribution is 2.24. The fourth-order valence-electron chi connectivity index (χ4n) is 2.44. The van der Waals surface area contributed by atoms with Crippen LogP contribution in [0.5, 0.6) is 0 Å². The molecule has 0 amide bonds. The van der Waals surface area contributed by atoms with Crippen LogP contribution in [0.4, 0.5) is 0 Å². The van der Waals surface area contributed by atoms with Crippen LogP contribution in [0, 0.1) is 5.92 Å². The molecule has 1 heterocycles. The second-order valence-corrected chi connectivity index (χ2v) is 5.24. The van der Waals surface area contributed by atoms with Crippen molar-refractivity contribution in [3.63, 3.8) is 0 Å². The van der Waals surface area contributed by atoms with Gasteiger partial charge in [0.05, 0.1) is 25.1 Å². The topological polar surface area (TPSA) is 74.9 Å². The first-order valence-electron chi connectivity index (χ1n) is 6.91. The van der Waals surface area contributed by atoms with Crippen molar-refractivity contribution in [2.45, 2.75) is 38.1 Å². The molecule has 2 rings (SSSR count). The van der Waals surface area contributed by atoms with Gasteiger partial charge in [-0.3, -0.25) is 0 Å². The minimum atomic E-state index is -0.513. The van der Waals surface area contributed by atoms with Gasteiger partial charge in [0.25, 0.3) is 0 Å². The first-order chi connectivity index (χ1) is 9.24. The number of nitrogens with one attached hydrogen (secondary N) is 1. The molecule has 0 spiro atoms. The van der Waals surface area contributed by atoms with Gasteiger partial charge in [0.15, 0.2) is 0 Å². The molecular weight excluding hydrogens is 246 g/mol. The summed E-state index contributed by atoms with van der Waals surface area (Å²) in [5.74, 6) is 1.30. The van der Waals surface area contributed by atoms with Gasteiger partial charge < -0.3 is 24.7 Å². The number of ether oxygens (including phenoxy) is 1. The number of hydrogen-bond donors (Lipinski definition) is 3. The van der Waals surface area contributed by atoms with E-state index in [0.29, 0.717) is 25.7 Å². The molecule has 3 atom stereocenters. The van der Waals surface area contributed by atoms with Gasteiger partial charge in [0.2, 0.25) is 0 Å². The van der Waals surface area contributed by atoms with Crippen LogP contribution in [-0.2, 0) is 11.3 Å². The van der Waals surface area contributed by atoms with Gasteiger partial charge >= 0.3 is 0 Å². The quantitative estimate of drug-likeness (QED) is 0.654. The Labute approximate surface area is 113 Å². The highest BCUT2D eigenvalue weighted by molar-refractivity contribution is 4.96. The summed E-state index contributed by atoms with van der Waals surface area (Å²) >= 11 is 0. The molecule has 1 aliphatic rings. The van der Waals surface area contributed by atoms with Gasteiger partial charge in [0, 0.05) is 6.54 Å². The van der Waals surface area contributed by atoms with Crippen molar-refractivity contribution in [1.29, 1.82) is 0 Å². The van der Waals surface area contributed by atoms with Gasteiger partial charge in [0.1, 0.15) is 12.4 Å². The number of furan rings is 1. The predicted octanol–water partition coefficient (Wildman–Crippen LogP) is 0.908. The lowest BCUT2D eigenvalue weighted by atomic mass is 10.1. The Morgan fingerprint density at radius 1 is 1.47 bits per heavy atom. The van der Waals surface area contributed by atoms with Gasteiger partial charge in [-0.15, -0.1) is 0 Å². The molecule has 1 saturated carbocycles. The van der Waals surface area contributed by atoms with Crippen molar-refractivity contribution in [2.24, 2.45) is 5.92 Å². The molecular formula is C14H23NO4. The monoisotopic (exact) mass is 269 g/mol. The maximum Gasteiger partial charge on any atom is 0.129 e. The molecule has 1 aliphatic carbocycles. The van der Waals surface area contributed by atoms with E-state index in [0.717, 1.165) is 31.6 Å². The average molecular weight is 269 g/mol. The standard InChI is InChI=1S/C14H23NO4/c16-12-4-3-11(6-12)7-15-8-13(17)9-18-10-14-2-1-5-19-14/h1-2,5,11-13,15-17H,3-4,6-10H2. The van der Waals surface area contributed by atoms with Crippen molar-refractivity contribution in [1.82, 2.24) is 5.32 Å². The van der Waals surface area contributed by atoms with E-state index in [9.17, 15) is 10.2 Å². The van der Waals surface area contributed by atoms with E-state index < -0.39 is 6.10 Å². The molecule has 0 aliphatic heterocycles. The third-order valence-corrected chi connectivity index (χ3v) is 3.46. The second-order valence-electron chi connectivity index (χ2n) is 5.24. The molecule has 0 saturated heterocycles. The largest absolute Gasteiger partial charge is 0.467 e. The van der Waals surface area contributed by atoms with E-state index >= 15 is 0 Å². The molecule has 19 heavy (non-hydrogen) atoms. The summed E-state index contributed by atoms with van der Waals surface area (Å²) in [5.41, 5.74) is 0. The Balaban J connectivity index is 1.49. The summed E-state index contributed by atoms with van der Waals surface area (Å²) in [6, 6.07) is 3.66. The van der Waals surface area contributed by atoms with Gasteiger partial charge in [-0.25, -0.2) is 0 Å². The zero-order chi connectivity index (χ0) is 13.5. The van der Waals surface area contributed by atoms with E-state index in [1.54, 1.807) is 6.26 Å². The third kappa shape index (κ3) is 5.32. The Bertz CT molecular complexity index is 341. The Kier molecular flexibility index (Phi) is 5.85. The minimum absolute atomic E-state index is 0.131. The van der Waals surface area contributed by atoms with E-state index in [4.69, 9.17) is 9.15 Å². The van der Waals surface area contributed by atoms with Crippen LogP contribution in [0.2, 0.25) is 0 Å². The molecule has 1 aromatic rings. The molecule has 0 aromatic carbocycles. The van der Waals surface area contributed by atoms with Crippen LogP contribution in [0.3, 0.4) is 0 Å². The zero-order valence-corrected chi connectivity index (χ0v) is 11.1. The number of aliphatic hydroxyl groups is 2. The van der Waals surface area contributed by atoms with Gasteiger partial charge in [-0.1, -0.05) is 0 Å². The third-order valence-electron chi connectivity index (χ3n) is 3.46.